The Labute approximate surface area is 301 Å². The van der Waals surface area contributed by atoms with E-state index in [1.807, 2.05) is 30.3 Å². The van der Waals surface area contributed by atoms with Gasteiger partial charge in [0.15, 0.2) is 5.82 Å². The van der Waals surface area contributed by atoms with Crippen LogP contribution in [0.25, 0.3) is 11.4 Å². The topological polar surface area (TPSA) is 107 Å². The van der Waals surface area contributed by atoms with Gasteiger partial charge >= 0.3 is 11.9 Å². The highest BCUT2D eigenvalue weighted by atomic mass is 35.5. The van der Waals surface area contributed by atoms with Crippen LogP contribution in [0.5, 0.6) is 0 Å². The summed E-state index contributed by atoms with van der Waals surface area (Å²) >= 11 is 6.32. The van der Waals surface area contributed by atoms with Gasteiger partial charge in [0.1, 0.15) is 0 Å². The van der Waals surface area contributed by atoms with Gasteiger partial charge < -0.3 is 20.0 Å². The van der Waals surface area contributed by atoms with Crippen LogP contribution in [0.3, 0.4) is 0 Å². The van der Waals surface area contributed by atoms with E-state index in [2.05, 4.69) is 27.3 Å². The lowest BCUT2D eigenvalue weighted by Gasteiger charge is -2.40. The number of rotatable bonds is 9. The standard InChI is InChI=1S/C37H47ClF3N7O3/c1-42-33-30(37(39,40)41)21-24(22-31(33)38)20-28(35(50)47-16-10-26(11-17-47)25-8-14-45(2)15-9-25)23-32(49)46-18-12-29(13-19-46)48-36(51)43-34(44-48)27-6-4-3-5-7-27/h3-7,21-22,25-26,28-29,42H,8-20,23H2,1-2H3,(H,43,44,51)/t28-/m0/s1. The van der Waals surface area contributed by atoms with Crippen molar-refractivity contribution in [3.8, 4) is 11.4 Å². The fourth-order valence-electron chi connectivity index (χ4n) is 8.15. The summed E-state index contributed by atoms with van der Waals surface area (Å²) in [4.78, 5) is 49.4. The van der Waals surface area contributed by atoms with Crippen molar-refractivity contribution >= 4 is 29.1 Å². The Balaban J connectivity index is 1.15. The van der Waals surface area contributed by atoms with Gasteiger partial charge in [-0.25, -0.2) is 9.48 Å². The van der Waals surface area contributed by atoms with Gasteiger partial charge in [-0.1, -0.05) is 41.9 Å². The van der Waals surface area contributed by atoms with Crippen LogP contribution in [0.2, 0.25) is 5.02 Å². The van der Waals surface area contributed by atoms with Gasteiger partial charge in [0.2, 0.25) is 11.8 Å². The second-order valence-corrected chi connectivity index (χ2v) is 14.8. The maximum Gasteiger partial charge on any atom is 0.418 e. The number of piperidine rings is 3. The van der Waals surface area contributed by atoms with E-state index in [4.69, 9.17) is 11.6 Å². The molecule has 14 heteroatoms. The van der Waals surface area contributed by atoms with E-state index in [0.29, 0.717) is 56.7 Å². The third-order valence-corrected chi connectivity index (χ3v) is 11.4. The minimum absolute atomic E-state index is 0.0480. The molecule has 2 amide bonds. The molecule has 3 aliphatic heterocycles. The van der Waals surface area contributed by atoms with Crippen LogP contribution in [-0.2, 0) is 22.2 Å². The molecule has 1 aromatic heterocycles. The van der Waals surface area contributed by atoms with Crippen molar-refractivity contribution < 1.29 is 22.8 Å². The second kappa shape index (κ2) is 15.8. The number of carbonyl (C=O) groups is 2. The van der Waals surface area contributed by atoms with Gasteiger partial charge in [0.25, 0.3) is 0 Å². The zero-order valence-corrected chi connectivity index (χ0v) is 30.0. The number of halogens is 4. The SMILES string of the molecule is CNc1c(Cl)cc(C[C@@H](CC(=O)N2CCC(n3nc(-c4ccccc4)[nH]c3=O)CC2)C(=O)N2CCC(C3CCN(C)CC3)CC2)cc1C(F)(F)F. The van der Waals surface area contributed by atoms with Crippen LogP contribution >= 0.6 is 11.6 Å². The number of hydrogen-bond acceptors (Lipinski definition) is 6. The number of H-pyrrole nitrogens is 1. The summed E-state index contributed by atoms with van der Waals surface area (Å²) in [5.41, 5.74) is -0.394. The first kappa shape index (κ1) is 36.9. The van der Waals surface area contributed by atoms with Crippen molar-refractivity contribution in [2.45, 2.75) is 63.6 Å². The molecule has 3 fully saturated rings. The second-order valence-electron chi connectivity index (χ2n) is 14.4. The van der Waals surface area contributed by atoms with E-state index < -0.39 is 17.7 Å². The summed E-state index contributed by atoms with van der Waals surface area (Å²) in [5.74, 6) is 0.356. The Kier molecular flexibility index (Phi) is 11.5. The molecule has 0 radical (unpaired) electrons. The van der Waals surface area contributed by atoms with E-state index in [0.717, 1.165) is 50.4 Å². The fraction of sp³-hybridized carbons (Fsp3) is 0.568. The number of aromatic amines is 1. The number of hydrogen-bond donors (Lipinski definition) is 2. The van der Waals surface area contributed by atoms with Crippen molar-refractivity contribution in [2.75, 3.05) is 58.7 Å². The molecular formula is C37H47ClF3N7O3. The Morgan fingerprint density at radius 1 is 0.941 bits per heavy atom. The third-order valence-electron chi connectivity index (χ3n) is 11.1. The average molecular weight is 730 g/mol. The minimum atomic E-state index is -4.66. The van der Waals surface area contributed by atoms with Crippen LogP contribution in [0, 0.1) is 17.8 Å². The lowest BCUT2D eigenvalue weighted by Crippen LogP contribution is -2.46. The number of nitrogens with one attached hydrogen (secondary N) is 2. The molecule has 3 aliphatic rings. The molecule has 0 spiro atoms. The maximum atomic E-state index is 14.2. The highest BCUT2D eigenvalue weighted by Gasteiger charge is 2.38. The Hall–Kier alpha value is -3.84. The normalized spacial score (nSPS) is 19.3. The number of benzene rings is 2. The zero-order valence-electron chi connectivity index (χ0n) is 29.2. The number of likely N-dealkylation sites (tertiary alicyclic amines) is 3. The minimum Gasteiger partial charge on any atom is -0.386 e. The van der Waals surface area contributed by atoms with E-state index >= 15 is 0 Å². The summed E-state index contributed by atoms with van der Waals surface area (Å²) in [7, 11) is 3.52. The van der Waals surface area contributed by atoms with Gasteiger partial charge in [0, 0.05) is 45.2 Å². The summed E-state index contributed by atoms with van der Waals surface area (Å²) < 4.78 is 43.6. The lowest BCUT2D eigenvalue weighted by molar-refractivity contribution is -0.143. The molecular weight excluding hydrogens is 683 g/mol. The first-order chi connectivity index (χ1) is 24.4. The monoisotopic (exact) mass is 729 g/mol. The number of amides is 2. The molecule has 4 heterocycles. The van der Waals surface area contributed by atoms with Crippen LogP contribution < -0.4 is 11.0 Å². The zero-order chi connectivity index (χ0) is 36.3. The number of aromatic nitrogens is 3. The number of nitrogens with zero attached hydrogens (tertiary/aromatic N) is 5. The molecule has 0 saturated carbocycles. The summed E-state index contributed by atoms with van der Waals surface area (Å²) in [6.45, 7) is 4.03. The molecule has 2 N–H and O–H groups in total. The van der Waals surface area contributed by atoms with Gasteiger partial charge in [-0.2, -0.15) is 13.2 Å². The molecule has 3 saturated heterocycles. The van der Waals surface area contributed by atoms with Crippen LogP contribution in [-0.4, -0.2) is 94.6 Å². The predicted molar refractivity (Wildman–Crippen MR) is 190 cm³/mol. The van der Waals surface area contributed by atoms with Crippen molar-refractivity contribution in [1.82, 2.24) is 29.5 Å². The summed E-state index contributed by atoms with van der Waals surface area (Å²) in [6, 6.07) is 11.6. The molecule has 0 bridgehead atoms. The van der Waals surface area contributed by atoms with Gasteiger partial charge in [-0.05, 0) is 94.6 Å². The van der Waals surface area contributed by atoms with E-state index in [1.165, 1.54) is 17.8 Å². The van der Waals surface area contributed by atoms with Crippen LogP contribution in [0.1, 0.15) is 62.1 Å². The molecule has 51 heavy (non-hydrogen) atoms. The molecule has 1 atom stereocenters. The smallest absolute Gasteiger partial charge is 0.386 e. The highest BCUT2D eigenvalue weighted by Crippen LogP contribution is 2.40. The molecule has 0 aliphatic carbocycles. The first-order valence-electron chi connectivity index (χ1n) is 18.0. The van der Waals surface area contributed by atoms with Crippen molar-refractivity contribution in [2.24, 2.45) is 17.8 Å². The van der Waals surface area contributed by atoms with Gasteiger partial charge in [0.05, 0.1) is 28.2 Å². The molecule has 2 aromatic carbocycles. The first-order valence-corrected chi connectivity index (χ1v) is 18.4. The molecule has 0 unspecified atom stereocenters. The average Bonchev–Trinajstić information content (AvgIpc) is 3.52. The largest absolute Gasteiger partial charge is 0.418 e. The van der Waals surface area contributed by atoms with Crippen molar-refractivity contribution in [3.05, 3.63) is 69.1 Å². The molecule has 276 valence electrons. The van der Waals surface area contributed by atoms with E-state index in [9.17, 15) is 27.6 Å². The molecule has 3 aromatic rings. The third kappa shape index (κ3) is 8.63. The van der Waals surface area contributed by atoms with Crippen LogP contribution in [0.4, 0.5) is 18.9 Å². The van der Waals surface area contributed by atoms with Gasteiger partial charge in [-0.15, -0.1) is 5.10 Å². The molecule has 10 nitrogen and oxygen atoms in total. The highest BCUT2D eigenvalue weighted by molar-refractivity contribution is 6.33. The summed E-state index contributed by atoms with van der Waals surface area (Å²) in [5, 5.41) is 6.97. The Morgan fingerprint density at radius 3 is 2.16 bits per heavy atom. The quantitative estimate of drug-likeness (QED) is 0.282. The number of anilines is 1. The van der Waals surface area contributed by atoms with Crippen molar-refractivity contribution in [3.63, 3.8) is 0 Å². The summed E-state index contributed by atoms with van der Waals surface area (Å²) in [6.07, 6.45) is 0.230. The maximum absolute atomic E-state index is 14.2. The number of alkyl halides is 3. The van der Waals surface area contributed by atoms with E-state index in [1.54, 1.807) is 9.80 Å². The fourth-order valence-corrected chi connectivity index (χ4v) is 8.49. The van der Waals surface area contributed by atoms with Crippen LogP contribution in [0.15, 0.2) is 47.3 Å². The van der Waals surface area contributed by atoms with Gasteiger partial charge in [-0.3, -0.25) is 14.6 Å². The Morgan fingerprint density at radius 2 is 1.55 bits per heavy atom. The predicted octanol–water partition coefficient (Wildman–Crippen LogP) is 5.95. The van der Waals surface area contributed by atoms with Crippen molar-refractivity contribution in [1.29, 1.82) is 0 Å². The lowest BCUT2D eigenvalue weighted by atomic mass is 9.78. The Bertz CT molecular complexity index is 1720. The van der Waals surface area contributed by atoms with E-state index in [-0.39, 0.29) is 52.7 Å². The molecule has 6 rings (SSSR count). The number of carbonyl (C=O) groups excluding carboxylic acids is 2.